The van der Waals surface area contributed by atoms with Gasteiger partial charge in [-0.15, -0.1) is 0 Å². The van der Waals surface area contributed by atoms with E-state index in [0.717, 1.165) is 52.0 Å². The zero-order chi connectivity index (χ0) is 23.4. The number of amides is 2. The lowest BCUT2D eigenvalue weighted by molar-refractivity contribution is -0.134. The Bertz CT molecular complexity index is 850. The lowest BCUT2D eigenvalue weighted by atomic mass is 9.93. The molecule has 0 N–H and O–H groups in total. The summed E-state index contributed by atoms with van der Waals surface area (Å²) in [6.07, 6.45) is 8.51. The van der Waals surface area contributed by atoms with Crippen molar-refractivity contribution >= 4 is 23.4 Å². The van der Waals surface area contributed by atoms with E-state index in [-0.39, 0.29) is 23.5 Å². The largest absolute Gasteiger partial charge is 0.340 e. The summed E-state index contributed by atoms with van der Waals surface area (Å²) in [6, 6.07) is 3.84. The van der Waals surface area contributed by atoms with Gasteiger partial charge in [0, 0.05) is 61.7 Å². The molecule has 1 aromatic carbocycles. The standard InChI is InChI=1S/C26H37ClFN3O2/c1-29-14-16-30(17-15-29)24(32)9-5-6-19-10-11-23(27)22(25(19)28)18-20-12-13-31(26(20)33)21-7-3-2-4-8-21/h10-11,20-21H,2-9,12-18H2,1H3. The van der Waals surface area contributed by atoms with Crippen LogP contribution in [-0.2, 0) is 22.4 Å². The van der Waals surface area contributed by atoms with Gasteiger partial charge >= 0.3 is 0 Å². The van der Waals surface area contributed by atoms with Gasteiger partial charge in [-0.2, -0.15) is 0 Å². The summed E-state index contributed by atoms with van der Waals surface area (Å²) >= 11 is 6.38. The average molecular weight is 478 g/mol. The van der Waals surface area contributed by atoms with Crippen molar-refractivity contribution in [3.8, 4) is 0 Å². The van der Waals surface area contributed by atoms with Crippen LogP contribution >= 0.6 is 11.6 Å². The van der Waals surface area contributed by atoms with E-state index in [1.54, 1.807) is 12.1 Å². The first kappa shape index (κ1) is 24.5. The van der Waals surface area contributed by atoms with E-state index < -0.39 is 0 Å². The van der Waals surface area contributed by atoms with E-state index in [2.05, 4.69) is 11.9 Å². The number of likely N-dealkylation sites (N-methyl/N-ethyl adjacent to an activating group) is 1. The minimum Gasteiger partial charge on any atom is -0.340 e. The first-order chi connectivity index (χ1) is 15.9. The number of carbonyl (C=O) groups is 2. The molecule has 0 aromatic heterocycles. The number of piperazine rings is 1. The zero-order valence-corrected chi connectivity index (χ0v) is 20.6. The molecule has 1 atom stereocenters. The van der Waals surface area contributed by atoms with Gasteiger partial charge in [0.15, 0.2) is 0 Å². The van der Waals surface area contributed by atoms with Crippen molar-refractivity contribution in [3.63, 3.8) is 0 Å². The number of hydrogen-bond donors (Lipinski definition) is 0. The van der Waals surface area contributed by atoms with E-state index >= 15 is 4.39 Å². The van der Waals surface area contributed by atoms with E-state index in [4.69, 9.17) is 11.6 Å². The predicted molar refractivity (Wildman–Crippen MR) is 129 cm³/mol. The van der Waals surface area contributed by atoms with Crippen LogP contribution in [0.3, 0.4) is 0 Å². The van der Waals surface area contributed by atoms with Gasteiger partial charge in [0.1, 0.15) is 5.82 Å². The topological polar surface area (TPSA) is 43.9 Å². The third kappa shape index (κ3) is 5.89. The average Bonchev–Trinajstić information content (AvgIpc) is 3.19. The molecule has 7 heteroatoms. The summed E-state index contributed by atoms with van der Waals surface area (Å²) in [4.78, 5) is 31.7. The first-order valence-corrected chi connectivity index (χ1v) is 13.0. The van der Waals surface area contributed by atoms with Crippen LogP contribution in [0.15, 0.2) is 12.1 Å². The molecular weight excluding hydrogens is 441 g/mol. The highest BCUT2D eigenvalue weighted by molar-refractivity contribution is 6.31. The molecule has 1 aromatic rings. The molecule has 0 radical (unpaired) electrons. The maximum atomic E-state index is 15.4. The maximum absolute atomic E-state index is 15.4. The summed E-state index contributed by atoms with van der Waals surface area (Å²) in [6.45, 7) is 4.11. The predicted octanol–water partition coefficient (Wildman–Crippen LogP) is 4.30. The minimum atomic E-state index is -0.293. The summed E-state index contributed by atoms with van der Waals surface area (Å²) in [5, 5.41) is 0.397. The van der Waals surface area contributed by atoms with Crippen molar-refractivity contribution in [1.29, 1.82) is 0 Å². The van der Waals surface area contributed by atoms with Crippen LogP contribution in [0, 0.1) is 11.7 Å². The van der Waals surface area contributed by atoms with Crippen molar-refractivity contribution < 1.29 is 14.0 Å². The van der Waals surface area contributed by atoms with E-state index in [0.29, 0.717) is 47.9 Å². The van der Waals surface area contributed by atoms with Crippen LogP contribution in [0.5, 0.6) is 0 Å². The second-order valence-electron chi connectivity index (χ2n) is 10.0. The number of nitrogens with zero attached hydrogens (tertiary/aromatic N) is 3. The minimum absolute atomic E-state index is 0.150. The highest BCUT2D eigenvalue weighted by Crippen LogP contribution is 2.33. The van der Waals surface area contributed by atoms with Gasteiger partial charge in [0.25, 0.3) is 0 Å². The van der Waals surface area contributed by atoms with Gasteiger partial charge in [-0.25, -0.2) is 4.39 Å². The Morgan fingerprint density at radius 2 is 1.79 bits per heavy atom. The molecule has 0 spiro atoms. The number of likely N-dealkylation sites (tertiary alicyclic amines) is 1. The molecule has 1 saturated carbocycles. The summed E-state index contributed by atoms with van der Waals surface area (Å²) in [7, 11) is 2.06. The Hall–Kier alpha value is -1.66. The second kappa shape index (κ2) is 11.2. The van der Waals surface area contributed by atoms with Crippen LogP contribution in [0.1, 0.15) is 62.5 Å². The van der Waals surface area contributed by atoms with Crippen molar-refractivity contribution in [3.05, 3.63) is 34.1 Å². The smallest absolute Gasteiger partial charge is 0.226 e. The molecule has 182 valence electrons. The van der Waals surface area contributed by atoms with Gasteiger partial charge in [-0.1, -0.05) is 36.9 Å². The molecule has 3 fully saturated rings. The Kier molecular flexibility index (Phi) is 8.29. The van der Waals surface area contributed by atoms with Gasteiger partial charge in [0.2, 0.25) is 11.8 Å². The lowest BCUT2D eigenvalue weighted by Crippen LogP contribution is -2.47. The highest BCUT2D eigenvalue weighted by atomic mass is 35.5. The molecule has 5 nitrogen and oxygen atoms in total. The number of aryl methyl sites for hydroxylation is 1. The first-order valence-electron chi connectivity index (χ1n) is 12.7. The van der Waals surface area contributed by atoms with Crippen LogP contribution < -0.4 is 0 Å². The second-order valence-corrected chi connectivity index (χ2v) is 10.5. The number of hydrogen-bond acceptors (Lipinski definition) is 3. The Morgan fingerprint density at radius 1 is 1.06 bits per heavy atom. The van der Waals surface area contributed by atoms with E-state index in [9.17, 15) is 9.59 Å². The molecule has 2 heterocycles. The third-order valence-electron chi connectivity index (χ3n) is 7.78. The van der Waals surface area contributed by atoms with Gasteiger partial charge in [0.05, 0.1) is 0 Å². The molecular formula is C26H37ClFN3O2. The van der Waals surface area contributed by atoms with Crippen LogP contribution in [0.4, 0.5) is 4.39 Å². The maximum Gasteiger partial charge on any atom is 0.226 e. The normalized spacial score (nSPS) is 22.9. The SMILES string of the molecule is CN1CCN(C(=O)CCCc2ccc(Cl)c(CC3CCN(C4CCCCC4)C3=O)c2F)CC1. The molecule has 33 heavy (non-hydrogen) atoms. The fourth-order valence-corrected chi connectivity index (χ4v) is 5.85. The Balaban J connectivity index is 1.33. The zero-order valence-electron chi connectivity index (χ0n) is 19.8. The van der Waals surface area contributed by atoms with Crippen molar-refractivity contribution in [2.75, 3.05) is 39.8 Å². The van der Waals surface area contributed by atoms with Gasteiger partial charge in [-0.3, -0.25) is 9.59 Å². The molecule has 1 aliphatic carbocycles. The Labute approximate surface area is 202 Å². The summed E-state index contributed by atoms with van der Waals surface area (Å²) in [5.74, 6) is -0.163. The van der Waals surface area contributed by atoms with E-state index in [1.807, 2.05) is 9.80 Å². The molecule has 2 aliphatic heterocycles. The van der Waals surface area contributed by atoms with Crippen LogP contribution in [0.25, 0.3) is 0 Å². The number of halogens is 2. The molecule has 4 rings (SSSR count). The number of rotatable bonds is 7. The van der Waals surface area contributed by atoms with Crippen LogP contribution in [-0.4, -0.2) is 72.3 Å². The summed E-state index contributed by atoms with van der Waals surface area (Å²) < 4.78 is 15.4. The molecule has 1 unspecified atom stereocenters. The molecule has 3 aliphatic rings. The molecule has 2 amide bonds. The van der Waals surface area contributed by atoms with Crippen molar-refractivity contribution in [2.45, 2.75) is 70.3 Å². The molecule has 2 saturated heterocycles. The van der Waals surface area contributed by atoms with Gasteiger partial charge in [-0.05, 0) is 57.2 Å². The monoisotopic (exact) mass is 477 g/mol. The fourth-order valence-electron chi connectivity index (χ4n) is 5.62. The van der Waals surface area contributed by atoms with Crippen molar-refractivity contribution in [1.82, 2.24) is 14.7 Å². The fraction of sp³-hybridized carbons (Fsp3) is 0.692. The Morgan fingerprint density at radius 3 is 2.52 bits per heavy atom. The van der Waals surface area contributed by atoms with Gasteiger partial charge < -0.3 is 14.7 Å². The highest BCUT2D eigenvalue weighted by Gasteiger charge is 2.37. The quantitative estimate of drug-likeness (QED) is 0.588. The van der Waals surface area contributed by atoms with Crippen LogP contribution in [0.2, 0.25) is 5.02 Å². The number of carbonyl (C=O) groups excluding carboxylic acids is 2. The number of benzene rings is 1. The lowest BCUT2D eigenvalue weighted by Gasteiger charge is -2.32. The summed E-state index contributed by atoms with van der Waals surface area (Å²) in [5.41, 5.74) is 1.05. The molecule has 0 bridgehead atoms. The van der Waals surface area contributed by atoms with Crippen molar-refractivity contribution in [2.24, 2.45) is 5.92 Å². The third-order valence-corrected chi connectivity index (χ3v) is 8.13. The van der Waals surface area contributed by atoms with E-state index in [1.165, 1.54) is 19.3 Å².